The highest BCUT2D eigenvalue weighted by atomic mass is 16.5. The van der Waals surface area contributed by atoms with E-state index < -0.39 is 0 Å². The van der Waals surface area contributed by atoms with Crippen LogP contribution in [0.15, 0.2) is 4.42 Å². The lowest BCUT2D eigenvalue weighted by molar-refractivity contribution is -0.0699. The lowest BCUT2D eigenvalue weighted by atomic mass is 9.94. The van der Waals surface area contributed by atoms with Crippen LogP contribution in [0.4, 0.5) is 0 Å². The van der Waals surface area contributed by atoms with Crippen molar-refractivity contribution in [3.05, 3.63) is 17.3 Å². The molecule has 1 fully saturated rings. The second-order valence-corrected chi connectivity index (χ2v) is 6.35. The average molecular weight is 252 g/mol. The summed E-state index contributed by atoms with van der Waals surface area (Å²) in [6, 6.07) is 0.319. The van der Waals surface area contributed by atoms with Gasteiger partial charge in [0.15, 0.2) is 0 Å². The van der Waals surface area contributed by atoms with E-state index in [9.17, 15) is 0 Å². The second-order valence-electron chi connectivity index (χ2n) is 6.35. The van der Waals surface area contributed by atoms with E-state index >= 15 is 0 Å². The van der Waals surface area contributed by atoms with Crippen LogP contribution in [0.3, 0.4) is 0 Å². The summed E-state index contributed by atoms with van der Waals surface area (Å²) in [4.78, 5) is 4.39. The predicted octanol–water partition coefficient (Wildman–Crippen LogP) is 2.73. The molecule has 18 heavy (non-hydrogen) atoms. The Bertz CT molecular complexity index is 416. The molecular weight excluding hydrogens is 228 g/mol. The molecule has 0 radical (unpaired) electrons. The van der Waals surface area contributed by atoms with Crippen LogP contribution in [-0.4, -0.2) is 22.2 Å². The number of hydrogen-bond acceptors (Lipinski definition) is 4. The Kier molecular flexibility index (Phi) is 3.28. The van der Waals surface area contributed by atoms with E-state index in [-0.39, 0.29) is 11.2 Å². The summed E-state index contributed by atoms with van der Waals surface area (Å²) < 4.78 is 11.6. The van der Waals surface area contributed by atoms with Gasteiger partial charge in [0.1, 0.15) is 5.76 Å². The van der Waals surface area contributed by atoms with Gasteiger partial charge >= 0.3 is 0 Å². The van der Waals surface area contributed by atoms with Crippen LogP contribution in [0.5, 0.6) is 0 Å². The fourth-order valence-corrected chi connectivity index (χ4v) is 2.71. The smallest absolute Gasteiger partial charge is 0.208 e. The van der Waals surface area contributed by atoms with Gasteiger partial charge in [-0.3, -0.25) is 0 Å². The standard InChI is InChI=1S/C14H24N2O2/c1-9-10(2)17-12(16-9)8-15-11-7-13(3,4)18-14(11,5)6/h11,15H,7-8H2,1-6H3. The molecule has 0 spiro atoms. The Morgan fingerprint density at radius 2 is 1.94 bits per heavy atom. The van der Waals surface area contributed by atoms with Gasteiger partial charge in [-0.2, -0.15) is 0 Å². The summed E-state index contributed by atoms with van der Waals surface area (Å²) in [5, 5.41) is 3.50. The van der Waals surface area contributed by atoms with Crippen molar-refractivity contribution >= 4 is 0 Å². The Balaban J connectivity index is 1.98. The van der Waals surface area contributed by atoms with Crippen LogP contribution in [0.1, 0.15) is 51.5 Å². The van der Waals surface area contributed by atoms with E-state index in [1.54, 1.807) is 0 Å². The minimum atomic E-state index is -0.153. The monoisotopic (exact) mass is 252 g/mol. The van der Waals surface area contributed by atoms with E-state index in [0.717, 1.165) is 23.8 Å². The summed E-state index contributed by atoms with van der Waals surface area (Å²) in [5.41, 5.74) is 0.748. The molecule has 0 bridgehead atoms. The van der Waals surface area contributed by atoms with Crippen LogP contribution in [0.2, 0.25) is 0 Å². The predicted molar refractivity (Wildman–Crippen MR) is 70.5 cm³/mol. The van der Waals surface area contributed by atoms with E-state index in [0.29, 0.717) is 12.6 Å². The summed E-state index contributed by atoms with van der Waals surface area (Å²) in [6.45, 7) is 13.1. The van der Waals surface area contributed by atoms with Crippen molar-refractivity contribution in [3.63, 3.8) is 0 Å². The number of rotatable bonds is 3. The van der Waals surface area contributed by atoms with Crippen LogP contribution >= 0.6 is 0 Å². The van der Waals surface area contributed by atoms with Gasteiger partial charge in [0.2, 0.25) is 5.89 Å². The molecule has 1 aromatic rings. The largest absolute Gasteiger partial charge is 0.444 e. The zero-order chi connectivity index (χ0) is 13.6. The molecule has 1 atom stereocenters. The van der Waals surface area contributed by atoms with Crippen LogP contribution < -0.4 is 5.32 Å². The zero-order valence-electron chi connectivity index (χ0n) is 12.3. The van der Waals surface area contributed by atoms with Crippen molar-refractivity contribution in [1.29, 1.82) is 0 Å². The maximum atomic E-state index is 6.05. The van der Waals surface area contributed by atoms with Crippen molar-refractivity contribution in [1.82, 2.24) is 10.3 Å². The third kappa shape index (κ3) is 2.75. The molecule has 1 N–H and O–H groups in total. The fraction of sp³-hybridized carbons (Fsp3) is 0.786. The van der Waals surface area contributed by atoms with Gasteiger partial charge in [-0.15, -0.1) is 0 Å². The summed E-state index contributed by atoms with van der Waals surface area (Å²) in [6.07, 6.45) is 0.999. The molecule has 1 aliphatic heterocycles. The molecule has 2 heterocycles. The van der Waals surface area contributed by atoms with Gasteiger partial charge in [-0.25, -0.2) is 4.98 Å². The van der Waals surface area contributed by atoms with Gasteiger partial charge < -0.3 is 14.5 Å². The van der Waals surface area contributed by atoms with Gasteiger partial charge in [-0.1, -0.05) is 0 Å². The highest BCUT2D eigenvalue weighted by Crippen LogP contribution is 2.37. The SMILES string of the molecule is Cc1nc(CNC2CC(C)(C)OC2(C)C)oc1C. The third-order valence-corrected chi connectivity index (χ3v) is 3.65. The van der Waals surface area contributed by atoms with Crippen LogP contribution in [0, 0.1) is 13.8 Å². The van der Waals surface area contributed by atoms with Crippen molar-refractivity contribution < 1.29 is 9.15 Å². The first-order valence-electron chi connectivity index (χ1n) is 6.56. The third-order valence-electron chi connectivity index (χ3n) is 3.65. The first-order chi connectivity index (χ1) is 8.20. The number of aryl methyl sites for hydroxylation is 2. The second kappa shape index (κ2) is 4.35. The summed E-state index contributed by atoms with van der Waals surface area (Å²) in [7, 11) is 0. The fourth-order valence-electron chi connectivity index (χ4n) is 2.71. The molecule has 1 saturated heterocycles. The van der Waals surface area contributed by atoms with Crippen molar-refractivity contribution in [3.8, 4) is 0 Å². The van der Waals surface area contributed by atoms with Gasteiger partial charge in [0, 0.05) is 6.04 Å². The normalized spacial score (nSPS) is 25.6. The number of aromatic nitrogens is 1. The van der Waals surface area contributed by atoms with Gasteiger partial charge in [0.05, 0.1) is 23.4 Å². The molecule has 102 valence electrons. The Labute approximate surface area is 109 Å². The van der Waals surface area contributed by atoms with Crippen molar-refractivity contribution in [2.24, 2.45) is 0 Å². The molecule has 4 nitrogen and oxygen atoms in total. The molecule has 0 saturated carbocycles. The van der Waals surface area contributed by atoms with Gasteiger partial charge in [0.25, 0.3) is 0 Å². The first kappa shape index (κ1) is 13.6. The summed E-state index contributed by atoms with van der Waals surface area (Å²) in [5.74, 6) is 1.65. The van der Waals surface area contributed by atoms with Crippen LogP contribution in [0.25, 0.3) is 0 Å². The van der Waals surface area contributed by atoms with E-state index in [2.05, 4.69) is 38.0 Å². The molecule has 0 amide bonds. The molecule has 0 aromatic carbocycles. The quantitative estimate of drug-likeness (QED) is 0.898. The number of hydrogen-bond donors (Lipinski definition) is 1. The Morgan fingerprint density at radius 3 is 2.39 bits per heavy atom. The highest BCUT2D eigenvalue weighted by Gasteiger charge is 2.45. The highest BCUT2D eigenvalue weighted by molar-refractivity contribution is 5.06. The van der Waals surface area contributed by atoms with E-state index in [4.69, 9.17) is 9.15 Å². The topological polar surface area (TPSA) is 47.3 Å². The van der Waals surface area contributed by atoms with Crippen LogP contribution in [-0.2, 0) is 11.3 Å². The Morgan fingerprint density at radius 1 is 1.28 bits per heavy atom. The molecule has 4 heteroatoms. The first-order valence-corrected chi connectivity index (χ1v) is 6.56. The maximum Gasteiger partial charge on any atom is 0.208 e. The number of nitrogens with zero attached hydrogens (tertiary/aromatic N) is 1. The minimum absolute atomic E-state index is 0.0659. The maximum absolute atomic E-state index is 6.05. The number of nitrogens with one attached hydrogen (secondary N) is 1. The number of oxazole rings is 1. The lowest BCUT2D eigenvalue weighted by Gasteiger charge is -2.27. The molecule has 1 unspecified atom stereocenters. The molecule has 1 aliphatic rings. The minimum Gasteiger partial charge on any atom is -0.444 e. The Hall–Kier alpha value is -0.870. The zero-order valence-corrected chi connectivity index (χ0v) is 12.3. The molecular formula is C14H24N2O2. The van der Waals surface area contributed by atoms with Crippen molar-refractivity contribution in [2.45, 2.75) is 71.8 Å². The molecule has 0 aliphatic carbocycles. The van der Waals surface area contributed by atoms with Gasteiger partial charge in [-0.05, 0) is 48.0 Å². The summed E-state index contributed by atoms with van der Waals surface area (Å²) >= 11 is 0. The van der Waals surface area contributed by atoms with Crippen molar-refractivity contribution in [2.75, 3.05) is 0 Å². The lowest BCUT2D eigenvalue weighted by Crippen LogP contribution is -2.43. The van der Waals surface area contributed by atoms with E-state index in [1.165, 1.54) is 0 Å². The molecule has 2 rings (SSSR count). The number of ether oxygens (including phenoxy) is 1. The molecule has 1 aromatic heterocycles. The van der Waals surface area contributed by atoms with E-state index in [1.807, 2.05) is 13.8 Å². The average Bonchev–Trinajstić information content (AvgIpc) is 2.61.